The van der Waals surface area contributed by atoms with E-state index in [1.54, 1.807) is 7.11 Å². The molecule has 0 aromatic heterocycles. The first-order chi connectivity index (χ1) is 12.6. The van der Waals surface area contributed by atoms with Crippen molar-refractivity contribution in [2.45, 2.75) is 6.61 Å². The molecule has 138 valence electrons. The van der Waals surface area contributed by atoms with Crippen LogP contribution in [0.4, 0.5) is 0 Å². The smallest absolute Gasteiger partial charge is 0.162 e. The molecule has 1 aliphatic heterocycles. The van der Waals surface area contributed by atoms with Crippen LogP contribution < -0.4 is 9.47 Å². The maximum Gasteiger partial charge on any atom is 0.162 e. The van der Waals surface area contributed by atoms with Gasteiger partial charge in [-0.1, -0.05) is 42.0 Å². The number of benzene rings is 2. The standard InChI is InChI=1S/C19H19BrClNO3S/c1-23-17-10-14(19(26)22-6-8-24-9-7-22)15(20)11-18(17)25-12-13-4-2-3-5-16(13)21/h2-5,10-11H,6-9,12H2,1H3. The highest BCUT2D eigenvalue weighted by Gasteiger charge is 2.20. The van der Waals surface area contributed by atoms with Gasteiger partial charge in [0.05, 0.1) is 20.3 Å². The second-order valence-electron chi connectivity index (χ2n) is 5.77. The third-order valence-corrected chi connectivity index (χ3v) is 5.63. The van der Waals surface area contributed by atoms with E-state index >= 15 is 0 Å². The Hall–Kier alpha value is -1.34. The average molecular weight is 457 g/mol. The number of thiocarbonyl (C=S) groups is 1. The molecule has 0 radical (unpaired) electrons. The summed E-state index contributed by atoms with van der Waals surface area (Å²) in [5.41, 5.74) is 1.82. The molecular weight excluding hydrogens is 438 g/mol. The van der Waals surface area contributed by atoms with Crippen LogP contribution in [0.3, 0.4) is 0 Å². The molecular formula is C19H19BrClNO3S. The maximum atomic E-state index is 6.19. The van der Waals surface area contributed by atoms with Crippen LogP contribution in [0, 0.1) is 0 Å². The van der Waals surface area contributed by atoms with Gasteiger partial charge in [0.1, 0.15) is 11.6 Å². The number of hydrogen-bond donors (Lipinski definition) is 0. The molecule has 4 nitrogen and oxygen atoms in total. The summed E-state index contributed by atoms with van der Waals surface area (Å²) in [7, 11) is 1.62. The van der Waals surface area contributed by atoms with Crippen molar-refractivity contribution < 1.29 is 14.2 Å². The average Bonchev–Trinajstić information content (AvgIpc) is 2.67. The van der Waals surface area contributed by atoms with E-state index in [-0.39, 0.29) is 0 Å². The van der Waals surface area contributed by atoms with Crippen molar-refractivity contribution in [3.05, 3.63) is 57.0 Å². The molecule has 0 saturated carbocycles. The van der Waals surface area contributed by atoms with Gasteiger partial charge in [0.25, 0.3) is 0 Å². The highest BCUT2D eigenvalue weighted by Crippen LogP contribution is 2.35. The molecule has 0 bridgehead atoms. The Morgan fingerprint density at radius 3 is 2.65 bits per heavy atom. The van der Waals surface area contributed by atoms with Crippen LogP contribution in [0.5, 0.6) is 11.5 Å². The van der Waals surface area contributed by atoms with Crippen molar-refractivity contribution in [3.8, 4) is 11.5 Å². The number of nitrogens with zero attached hydrogens (tertiary/aromatic N) is 1. The lowest BCUT2D eigenvalue weighted by Gasteiger charge is -2.29. The van der Waals surface area contributed by atoms with Crippen LogP contribution >= 0.6 is 39.7 Å². The Labute approximate surface area is 172 Å². The molecule has 1 aliphatic rings. The van der Waals surface area contributed by atoms with Crippen molar-refractivity contribution in [1.82, 2.24) is 4.90 Å². The van der Waals surface area contributed by atoms with E-state index in [2.05, 4.69) is 20.8 Å². The molecule has 0 amide bonds. The van der Waals surface area contributed by atoms with Gasteiger partial charge in [-0.15, -0.1) is 0 Å². The van der Waals surface area contributed by atoms with Gasteiger partial charge >= 0.3 is 0 Å². The Morgan fingerprint density at radius 2 is 1.96 bits per heavy atom. The Bertz CT molecular complexity index is 796. The van der Waals surface area contributed by atoms with Gasteiger partial charge in [0.15, 0.2) is 11.5 Å². The van der Waals surface area contributed by atoms with Crippen molar-refractivity contribution in [3.63, 3.8) is 0 Å². The normalized spacial score (nSPS) is 14.2. The van der Waals surface area contributed by atoms with E-state index in [0.717, 1.165) is 33.7 Å². The van der Waals surface area contributed by atoms with Gasteiger partial charge in [-0.2, -0.15) is 0 Å². The minimum Gasteiger partial charge on any atom is -0.493 e. The van der Waals surface area contributed by atoms with Gasteiger partial charge in [-0.05, 0) is 34.1 Å². The molecule has 2 aromatic carbocycles. The van der Waals surface area contributed by atoms with Crippen LogP contribution in [0.25, 0.3) is 0 Å². The number of hydrogen-bond acceptors (Lipinski definition) is 4. The van der Waals surface area contributed by atoms with E-state index in [0.29, 0.717) is 36.3 Å². The van der Waals surface area contributed by atoms with E-state index in [4.69, 9.17) is 38.0 Å². The minimum absolute atomic E-state index is 0.357. The molecule has 2 aromatic rings. The highest BCUT2D eigenvalue weighted by molar-refractivity contribution is 9.10. The van der Waals surface area contributed by atoms with Crippen LogP contribution in [0.1, 0.15) is 11.1 Å². The monoisotopic (exact) mass is 455 g/mol. The summed E-state index contributed by atoms with van der Waals surface area (Å²) in [6, 6.07) is 11.4. The van der Waals surface area contributed by atoms with E-state index < -0.39 is 0 Å². The highest BCUT2D eigenvalue weighted by atomic mass is 79.9. The molecule has 1 heterocycles. The largest absolute Gasteiger partial charge is 0.493 e. The number of morpholine rings is 1. The first-order valence-corrected chi connectivity index (χ1v) is 9.79. The van der Waals surface area contributed by atoms with Crippen LogP contribution in [-0.4, -0.2) is 43.3 Å². The second kappa shape index (κ2) is 9.04. The molecule has 7 heteroatoms. The lowest BCUT2D eigenvalue weighted by atomic mass is 10.1. The predicted octanol–water partition coefficient (Wildman–Crippen LogP) is 4.70. The fraction of sp³-hybridized carbons (Fsp3) is 0.316. The summed E-state index contributed by atoms with van der Waals surface area (Å²) in [6.07, 6.45) is 0. The van der Waals surface area contributed by atoms with E-state index in [9.17, 15) is 0 Å². The fourth-order valence-corrected chi connectivity index (χ4v) is 3.86. The summed E-state index contributed by atoms with van der Waals surface area (Å²) in [5, 5.41) is 0.677. The minimum atomic E-state index is 0.357. The number of rotatable bonds is 5. The zero-order valence-corrected chi connectivity index (χ0v) is 17.5. The van der Waals surface area contributed by atoms with Crippen molar-refractivity contribution in [1.29, 1.82) is 0 Å². The van der Waals surface area contributed by atoms with Gasteiger partial charge in [-0.25, -0.2) is 0 Å². The molecule has 1 fully saturated rings. The summed E-state index contributed by atoms with van der Waals surface area (Å²) in [6.45, 7) is 3.31. The number of methoxy groups -OCH3 is 1. The summed E-state index contributed by atoms with van der Waals surface area (Å²) >= 11 is 15.5. The third-order valence-electron chi connectivity index (χ3n) is 4.12. The lowest BCUT2D eigenvalue weighted by Crippen LogP contribution is -2.40. The van der Waals surface area contributed by atoms with Crippen LogP contribution in [0.15, 0.2) is 40.9 Å². The zero-order valence-electron chi connectivity index (χ0n) is 14.3. The fourth-order valence-electron chi connectivity index (χ4n) is 2.68. The van der Waals surface area contributed by atoms with E-state index in [1.807, 2.05) is 36.4 Å². The topological polar surface area (TPSA) is 30.9 Å². The molecule has 3 rings (SSSR count). The van der Waals surface area contributed by atoms with Crippen molar-refractivity contribution >= 4 is 44.7 Å². The molecule has 0 spiro atoms. The first kappa shape index (κ1) is 19.4. The maximum absolute atomic E-state index is 6.19. The molecule has 0 unspecified atom stereocenters. The Kier molecular flexibility index (Phi) is 6.75. The Balaban J connectivity index is 1.80. The molecule has 0 atom stereocenters. The van der Waals surface area contributed by atoms with Gasteiger partial charge in [-0.3, -0.25) is 0 Å². The van der Waals surface area contributed by atoms with Gasteiger partial charge in [0, 0.05) is 33.7 Å². The van der Waals surface area contributed by atoms with E-state index in [1.165, 1.54) is 0 Å². The number of ether oxygens (including phenoxy) is 3. The molecule has 1 saturated heterocycles. The van der Waals surface area contributed by atoms with Gasteiger partial charge < -0.3 is 19.1 Å². The first-order valence-electron chi connectivity index (χ1n) is 8.21. The molecule has 0 N–H and O–H groups in total. The van der Waals surface area contributed by atoms with Crippen molar-refractivity contribution in [2.75, 3.05) is 33.4 Å². The SMILES string of the molecule is COc1cc(C(=S)N2CCOCC2)c(Br)cc1OCc1ccccc1Cl. The predicted molar refractivity (Wildman–Crippen MR) is 111 cm³/mol. The summed E-state index contributed by atoms with van der Waals surface area (Å²) < 4.78 is 17.7. The molecule has 0 aliphatic carbocycles. The quantitative estimate of drug-likeness (QED) is 0.609. The van der Waals surface area contributed by atoms with Crippen molar-refractivity contribution in [2.24, 2.45) is 0 Å². The summed E-state index contributed by atoms with van der Waals surface area (Å²) in [5.74, 6) is 1.26. The second-order valence-corrected chi connectivity index (χ2v) is 7.42. The zero-order chi connectivity index (χ0) is 18.5. The third kappa shape index (κ3) is 4.49. The lowest BCUT2D eigenvalue weighted by molar-refractivity contribution is 0.0692. The molecule has 26 heavy (non-hydrogen) atoms. The van der Waals surface area contributed by atoms with Crippen LogP contribution in [-0.2, 0) is 11.3 Å². The Morgan fingerprint density at radius 1 is 1.23 bits per heavy atom. The van der Waals surface area contributed by atoms with Crippen LogP contribution in [0.2, 0.25) is 5.02 Å². The number of halogens is 2. The van der Waals surface area contributed by atoms with Gasteiger partial charge in [0.2, 0.25) is 0 Å². The summed E-state index contributed by atoms with van der Waals surface area (Å²) in [4.78, 5) is 2.92.